The van der Waals surface area contributed by atoms with Crippen molar-refractivity contribution >= 4 is 46.3 Å². The van der Waals surface area contributed by atoms with Crippen molar-refractivity contribution < 1.29 is 23.3 Å². The number of urea groups is 1. The number of carbonyl (C=O) groups is 2. The average Bonchev–Trinajstić information content (AvgIpc) is 3.79. The van der Waals surface area contributed by atoms with Crippen LogP contribution < -0.4 is 15.4 Å². The second-order valence-electron chi connectivity index (χ2n) is 13.4. The van der Waals surface area contributed by atoms with Crippen molar-refractivity contribution in [2.24, 2.45) is 5.92 Å². The first-order valence-corrected chi connectivity index (χ1v) is 17.5. The first-order valence-electron chi connectivity index (χ1n) is 16.0. The number of benzene rings is 3. The van der Waals surface area contributed by atoms with Gasteiger partial charge in [0, 0.05) is 42.1 Å². The highest BCUT2D eigenvalue weighted by molar-refractivity contribution is 7.90. The van der Waals surface area contributed by atoms with Gasteiger partial charge in [0.15, 0.2) is 0 Å². The van der Waals surface area contributed by atoms with E-state index in [0.29, 0.717) is 39.7 Å². The topological polar surface area (TPSA) is 130 Å². The normalized spacial score (nSPS) is 19.7. The second kappa shape index (κ2) is 14.8. The Morgan fingerprint density at radius 3 is 2.44 bits per heavy atom. The van der Waals surface area contributed by atoms with Gasteiger partial charge >= 0.3 is 6.03 Å². The lowest BCUT2D eigenvalue weighted by molar-refractivity contribution is -0.119. The van der Waals surface area contributed by atoms with Crippen LogP contribution >= 0.6 is 11.6 Å². The number of nitrogens with zero attached hydrogens (tertiary/aromatic N) is 2. The van der Waals surface area contributed by atoms with E-state index >= 15 is 4.39 Å². The lowest BCUT2D eigenvalue weighted by atomic mass is 9.79. The third-order valence-corrected chi connectivity index (χ3v) is 10.8. The average molecular weight is 694 g/mol. The molecule has 3 N–H and O–H groups in total. The predicted octanol–water partition coefficient (Wildman–Crippen LogP) is 7.10. The van der Waals surface area contributed by atoms with E-state index in [2.05, 4.69) is 21.4 Å². The second-order valence-corrected chi connectivity index (χ2v) is 15.8. The SMILES string of the molecule is CO[C@@H]1C[C@H](C(=O)Nc2cc(C(CCC3CC3)(N[S+]([O-])C(C)(C)C)c3cccc(C#N)c3)ccc2F)N(C(=O)Nc2ccc(Cl)cc2)C1. The summed E-state index contributed by atoms with van der Waals surface area (Å²) in [5, 5.41) is 15.8. The zero-order valence-corrected chi connectivity index (χ0v) is 29.1. The van der Waals surface area contributed by atoms with Crippen LogP contribution in [0, 0.1) is 23.1 Å². The molecule has 1 saturated heterocycles. The molecule has 12 heteroatoms. The third kappa shape index (κ3) is 8.31. The molecule has 254 valence electrons. The summed E-state index contributed by atoms with van der Waals surface area (Å²) in [5.74, 6) is -0.711. The van der Waals surface area contributed by atoms with Crippen molar-refractivity contribution in [3.8, 4) is 6.07 Å². The number of hydrogen-bond acceptors (Lipinski definition) is 6. The molecule has 3 aromatic rings. The van der Waals surface area contributed by atoms with Gasteiger partial charge in [-0.25, -0.2) is 9.18 Å². The maximum absolute atomic E-state index is 15.6. The predicted molar refractivity (Wildman–Crippen MR) is 186 cm³/mol. The van der Waals surface area contributed by atoms with Crippen molar-refractivity contribution in [2.45, 2.75) is 75.3 Å². The number of nitriles is 1. The van der Waals surface area contributed by atoms with E-state index in [0.717, 1.165) is 19.3 Å². The molecule has 5 rings (SSSR count). The quantitative estimate of drug-likeness (QED) is 0.184. The summed E-state index contributed by atoms with van der Waals surface area (Å²) in [7, 11) is 1.51. The molecular weight excluding hydrogens is 653 g/mol. The van der Waals surface area contributed by atoms with E-state index in [1.807, 2.05) is 26.8 Å². The molecule has 2 unspecified atom stereocenters. The Morgan fingerprint density at radius 1 is 1.08 bits per heavy atom. The van der Waals surface area contributed by atoms with Gasteiger partial charge in [0.05, 0.1) is 23.4 Å². The smallest absolute Gasteiger partial charge is 0.322 e. The van der Waals surface area contributed by atoms with E-state index in [1.54, 1.807) is 54.6 Å². The minimum atomic E-state index is -1.56. The molecule has 1 heterocycles. The molecule has 48 heavy (non-hydrogen) atoms. The minimum absolute atomic E-state index is 0.0769. The Labute approximate surface area is 289 Å². The number of halogens is 2. The molecular formula is C36H41ClFN5O4S. The Morgan fingerprint density at radius 2 is 1.79 bits per heavy atom. The molecule has 1 aliphatic heterocycles. The summed E-state index contributed by atoms with van der Waals surface area (Å²) in [6.07, 6.45) is 3.38. The minimum Gasteiger partial charge on any atom is -0.598 e. The Balaban J connectivity index is 1.49. The number of methoxy groups -OCH3 is 1. The van der Waals surface area contributed by atoms with Gasteiger partial charge in [0.2, 0.25) is 5.91 Å². The Bertz CT molecular complexity index is 1680. The van der Waals surface area contributed by atoms with Gasteiger partial charge < -0.3 is 24.8 Å². The van der Waals surface area contributed by atoms with Gasteiger partial charge in [-0.15, -0.1) is 4.72 Å². The molecule has 0 spiro atoms. The van der Waals surface area contributed by atoms with E-state index in [-0.39, 0.29) is 18.7 Å². The summed E-state index contributed by atoms with van der Waals surface area (Å²) in [5.41, 5.74) is 1.10. The van der Waals surface area contributed by atoms with Gasteiger partial charge in [-0.05, 0) is 99.2 Å². The van der Waals surface area contributed by atoms with E-state index in [9.17, 15) is 19.4 Å². The van der Waals surface area contributed by atoms with Crippen LogP contribution in [-0.4, -0.2) is 51.9 Å². The van der Waals surface area contributed by atoms with Crippen LogP contribution in [0.1, 0.15) is 69.6 Å². The lowest BCUT2D eigenvalue weighted by Crippen LogP contribution is -2.52. The number of nitrogens with one attached hydrogen (secondary N) is 3. The molecule has 0 bridgehead atoms. The molecule has 1 aliphatic carbocycles. The molecule has 0 aromatic heterocycles. The van der Waals surface area contributed by atoms with Crippen molar-refractivity contribution in [3.05, 3.63) is 94.3 Å². The molecule has 3 amide bonds. The molecule has 2 fully saturated rings. The van der Waals surface area contributed by atoms with Gasteiger partial charge in [-0.1, -0.05) is 42.6 Å². The summed E-state index contributed by atoms with van der Waals surface area (Å²) in [4.78, 5) is 28.5. The van der Waals surface area contributed by atoms with Crippen LogP contribution in [-0.2, 0) is 26.4 Å². The molecule has 1 saturated carbocycles. The number of anilines is 2. The first kappa shape index (κ1) is 35.6. The zero-order valence-electron chi connectivity index (χ0n) is 27.5. The van der Waals surface area contributed by atoms with Crippen LogP contribution in [0.3, 0.4) is 0 Å². The summed E-state index contributed by atoms with van der Waals surface area (Å²) >= 11 is 4.42. The van der Waals surface area contributed by atoms with E-state index < -0.39 is 51.5 Å². The van der Waals surface area contributed by atoms with Crippen molar-refractivity contribution in [3.63, 3.8) is 0 Å². The number of rotatable bonds is 11. The van der Waals surface area contributed by atoms with Gasteiger partial charge in [0.1, 0.15) is 22.1 Å². The molecule has 9 nitrogen and oxygen atoms in total. The number of hydrogen-bond donors (Lipinski definition) is 3. The highest BCUT2D eigenvalue weighted by atomic mass is 35.5. The molecule has 3 aromatic carbocycles. The Hall–Kier alpha value is -3.66. The van der Waals surface area contributed by atoms with E-state index in [4.69, 9.17) is 16.3 Å². The maximum atomic E-state index is 15.6. The number of ether oxygens (including phenoxy) is 1. The van der Waals surface area contributed by atoms with Crippen LogP contribution in [0.15, 0.2) is 66.7 Å². The van der Waals surface area contributed by atoms with Crippen molar-refractivity contribution in [2.75, 3.05) is 24.3 Å². The monoisotopic (exact) mass is 693 g/mol. The standard InChI is InChI=1S/C36H41ClFN5O4S/c1-35(2,3)48(46)42-36(17-16-23-8-9-23,25-7-5-6-24(18-25)21-39)26-10-15-30(38)31(19-26)41-33(44)32-20-29(47-4)22-43(32)34(45)40-28-13-11-27(37)12-14-28/h5-7,10-15,18-19,23,29,32,42H,8-9,16-17,20,22H2,1-4H3,(H,40,45)(H,41,44)/t29-,32-,36?,48?/m1/s1. The number of amides is 3. The van der Waals surface area contributed by atoms with Gasteiger partial charge in [-0.3, -0.25) is 4.79 Å². The third-order valence-electron chi connectivity index (χ3n) is 8.90. The summed E-state index contributed by atoms with van der Waals surface area (Å²) in [6.45, 7) is 5.77. The van der Waals surface area contributed by atoms with Crippen LogP contribution in [0.4, 0.5) is 20.6 Å². The largest absolute Gasteiger partial charge is 0.598 e. The highest BCUT2D eigenvalue weighted by Crippen LogP contribution is 2.43. The fourth-order valence-electron chi connectivity index (χ4n) is 5.89. The molecule has 0 radical (unpaired) electrons. The van der Waals surface area contributed by atoms with Crippen molar-refractivity contribution in [1.82, 2.24) is 9.62 Å². The van der Waals surface area contributed by atoms with Crippen LogP contribution in [0.25, 0.3) is 0 Å². The zero-order chi connectivity index (χ0) is 34.6. The first-order chi connectivity index (χ1) is 22.8. The van der Waals surface area contributed by atoms with Gasteiger partial charge in [0.25, 0.3) is 0 Å². The van der Waals surface area contributed by atoms with Gasteiger partial charge in [-0.2, -0.15) is 5.26 Å². The van der Waals surface area contributed by atoms with Crippen LogP contribution in [0.5, 0.6) is 0 Å². The number of carbonyl (C=O) groups excluding carboxylic acids is 2. The van der Waals surface area contributed by atoms with Crippen molar-refractivity contribution in [1.29, 1.82) is 5.26 Å². The maximum Gasteiger partial charge on any atom is 0.322 e. The van der Waals surface area contributed by atoms with Crippen LogP contribution in [0.2, 0.25) is 5.02 Å². The summed E-state index contributed by atoms with van der Waals surface area (Å²) < 4.78 is 37.6. The lowest BCUT2D eigenvalue weighted by Gasteiger charge is -2.39. The molecule has 2 aliphatic rings. The fraction of sp³-hybridized carbons (Fsp3) is 0.417. The highest BCUT2D eigenvalue weighted by Gasteiger charge is 2.44. The summed E-state index contributed by atoms with van der Waals surface area (Å²) in [6, 6.07) is 19.0. The molecule has 4 atom stereocenters. The Kier molecular flexibility index (Phi) is 11.0. The van der Waals surface area contributed by atoms with E-state index in [1.165, 1.54) is 18.1 Å². The fourth-order valence-corrected chi connectivity index (χ4v) is 6.98. The number of likely N-dealkylation sites (tertiary alicyclic amines) is 1.